The maximum absolute atomic E-state index is 11.1. The quantitative estimate of drug-likeness (QED) is 0.737. The molecule has 1 unspecified atom stereocenters. The molecule has 1 fully saturated rings. The van der Waals surface area contributed by atoms with Gasteiger partial charge < -0.3 is 16.4 Å². The molecule has 18 heavy (non-hydrogen) atoms. The molecule has 4 nitrogen and oxygen atoms in total. The highest BCUT2D eigenvalue weighted by Crippen LogP contribution is 2.25. The molecule has 0 spiro atoms. The van der Waals surface area contributed by atoms with E-state index in [2.05, 4.69) is 26.6 Å². The zero-order valence-corrected chi connectivity index (χ0v) is 12.1. The first-order chi connectivity index (χ1) is 8.58. The molecule has 0 radical (unpaired) electrons. The highest BCUT2D eigenvalue weighted by Gasteiger charge is 2.20. The van der Waals surface area contributed by atoms with Crippen LogP contribution in [0.1, 0.15) is 18.4 Å². The third-order valence-electron chi connectivity index (χ3n) is 2.88. The molecule has 1 saturated heterocycles. The van der Waals surface area contributed by atoms with Gasteiger partial charge in [0.05, 0.1) is 0 Å². The van der Waals surface area contributed by atoms with Crippen LogP contribution in [-0.2, 0) is 4.79 Å². The van der Waals surface area contributed by atoms with Gasteiger partial charge in [-0.15, -0.1) is 0 Å². The lowest BCUT2D eigenvalue weighted by Crippen LogP contribution is -2.32. The fourth-order valence-electron chi connectivity index (χ4n) is 1.99. The zero-order valence-electron chi connectivity index (χ0n) is 9.70. The highest BCUT2D eigenvalue weighted by molar-refractivity contribution is 9.10. The lowest BCUT2D eigenvalue weighted by molar-refractivity contribution is -0.119. The molecular formula is C12H14BrN3OS. The molecule has 1 aliphatic heterocycles. The Morgan fingerprint density at radius 2 is 2.39 bits per heavy atom. The average Bonchev–Trinajstić information content (AvgIpc) is 2.72. The van der Waals surface area contributed by atoms with E-state index in [4.69, 9.17) is 18.0 Å². The molecule has 2 rings (SSSR count). The van der Waals surface area contributed by atoms with Crippen LogP contribution < -0.4 is 16.4 Å². The minimum atomic E-state index is 0.116. The molecule has 1 aromatic rings. The highest BCUT2D eigenvalue weighted by atomic mass is 79.9. The zero-order chi connectivity index (χ0) is 13.1. The first-order valence-corrected chi connectivity index (χ1v) is 6.89. The molecule has 96 valence electrons. The number of nitrogens with two attached hydrogens (primary N) is 1. The average molecular weight is 328 g/mol. The molecule has 4 N–H and O–H groups in total. The van der Waals surface area contributed by atoms with Crippen LogP contribution in [0.2, 0.25) is 0 Å². The lowest BCUT2D eigenvalue weighted by Gasteiger charge is -2.16. The smallest absolute Gasteiger partial charge is 0.220 e. The van der Waals surface area contributed by atoms with Crippen molar-refractivity contribution in [1.29, 1.82) is 0 Å². The molecule has 1 heterocycles. The predicted molar refractivity (Wildman–Crippen MR) is 79.7 cm³/mol. The molecule has 1 aromatic carbocycles. The molecule has 1 atom stereocenters. The second-order valence-corrected chi connectivity index (χ2v) is 5.50. The molecule has 6 heteroatoms. The van der Waals surface area contributed by atoms with Crippen molar-refractivity contribution in [2.45, 2.75) is 18.9 Å². The maximum Gasteiger partial charge on any atom is 0.220 e. The van der Waals surface area contributed by atoms with Gasteiger partial charge in [0.25, 0.3) is 0 Å². The largest absolute Gasteiger partial charge is 0.389 e. The van der Waals surface area contributed by atoms with E-state index in [0.717, 1.165) is 22.1 Å². The number of carbonyl (C=O) groups excluding carboxylic acids is 1. The number of hydrogen-bond acceptors (Lipinski definition) is 3. The Labute approximate surface area is 119 Å². The van der Waals surface area contributed by atoms with Crippen LogP contribution in [0.5, 0.6) is 0 Å². The van der Waals surface area contributed by atoms with Gasteiger partial charge in [-0.25, -0.2) is 0 Å². The van der Waals surface area contributed by atoms with Crippen LogP contribution in [0.4, 0.5) is 5.69 Å². The summed E-state index contributed by atoms with van der Waals surface area (Å²) in [6.07, 6.45) is 1.47. The molecule has 0 bridgehead atoms. The summed E-state index contributed by atoms with van der Waals surface area (Å²) in [5.74, 6) is 0.116. The van der Waals surface area contributed by atoms with Gasteiger partial charge in [0, 0.05) is 34.7 Å². The van der Waals surface area contributed by atoms with E-state index in [1.807, 2.05) is 18.2 Å². The topological polar surface area (TPSA) is 67.1 Å². The fourth-order valence-corrected chi connectivity index (χ4v) is 2.92. The van der Waals surface area contributed by atoms with Crippen LogP contribution in [-0.4, -0.2) is 23.5 Å². The Morgan fingerprint density at radius 1 is 1.61 bits per heavy atom. The number of anilines is 1. The van der Waals surface area contributed by atoms with Gasteiger partial charge in [0.15, 0.2) is 0 Å². The van der Waals surface area contributed by atoms with Gasteiger partial charge in [-0.3, -0.25) is 4.79 Å². The summed E-state index contributed by atoms with van der Waals surface area (Å²) in [6.45, 7) is 0.678. The lowest BCUT2D eigenvalue weighted by atomic mass is 10.1. The van der Waals surface area contributed by atoms with Gasteiger partial charge >= 0.3 is 0 Å². The van der Waals surface area contributed by atoms with E-state index in [9.17, 15) is 4.79 Å². The van der Waals surface area contributed by atoms with Crippen molar-refractivity contribution in [3.8, 4) is 0 Å². The van der Waals surface area contributed by atoms with Gasteiger partial charge in [0.1, 0.15) is 4.99 Å². The first-order valence-electron chi connectivity index (χ1n) is 5.69. The van der Waals surface area contributed by atoms with E-state index in [-0.39, 0.29) is 11.9 Å². The molecule has 1 aliphatic rings. The SMILES string of the molecule is NC(=S)c1c(Br)cccc1NCC1CCC(=O)N1. The van der Waals surface area contributed by atoms with Crippen molar-refractivity contribution >= 4 is 44.7 Å². The summed E-state index contributed by atoms with van der Waals surface area (Å²) in [4.78, 5) is 11.5. The number of carbonyl (C=O) groups is 1. The number of benzene rings is 1. The number of hydrogen-bond donors (Lipinski definition) is 3. The van der Waals surface area contributed by atoms with E-state index >= 15 is 0 Å². The Kier molecular flexibility index (Phi) is 4.19. The molecule has 1 amide bonds. The van der Waals surface area contributed by atoms with Crippen LogP contribution in [0.3, 0.4) is 0 Å². The van der Waals surface area contributed by atoms with Gasteiger partial charge in [-0.1, -0.05) is 18.3 Å². The number of rotatable bonds is 4. The van der Waals surface area contributed by atoms with Crippen LogP contribution in [0, 0.1) is 0 Å². The van der Waals surface area contributed by atoms with E-state index in [0.29, 0.717) is 18.0 Å². The predicted octanol–water partition coefficient (Wildman–Crippen LogP) is 1.77. The Bertz CT molecular complexity index is 492. The number of amides is 1. The summed E-state index contributed by atoms with van der Waals surface area (Å²) < 4.78 is 0.871. The van der Waals surface area contributed by atoms with Crippen molar-refractivity contribution < 1.29 is 4.79 Å². The van der Waals surface area contributed by atoms with Crippen molar-refractivity contribution in [2.75, 3.05) is 11.9 Å². The van der Waals surface area contributed by atoms with Crippen molar-refractivity contribution in [3.63, 3.8) is 0 Å². The maximum atomic E-state index is 11.1. The second-order valence-electron chi connectivity index (χ2n) is 4.21. The summed E-state index contributed by atoms with van der Waals surface area (Å²) in [6, 6.07) is 5.92. The normalized spacial score (nSPS) is 18.5. The third kappa shape index (κ3) is 3.00. The fraction of sp³-hybridized carbons (Fsp3) is 0.333. The van der Waals surface area contributed by atoms with Crippen LogP contribution >= 0.6 is 28.1 Å². The monoisotopic (exact) mass is 327 g/mol. The van der Waals surface area contributed by atoms with Crippen LogP contribution in [0.15, 0.2) is 22.7 Å². The number of nitrogens with one attached hydrogen (secondary N) is 2. The Hall–Kier alpha value is -1.14. The van der Waals surface area contributed by atoms with Crippen molar-refractivity contribution in [1.82, 2.24) is 5.32 Å². The van der Waals surface area contributed by atoms with Gasteiger partial charge in [-0.05, 0) is 34.5 Å². The van der Waals surface area contributed by atoms with Gasteiger partial charge in [0.2, 0.25) is 5.91 Å². The summed E-state index contributed by atoms with van der Waals surface area (Å²) >= 11 is 8.48. The Morgan fingerprint density at radius 3 is 3.00 bits per heavy atom. The van der Waals surface area contributed by atoms with Gasteiger partial charge in [-0.2, -0.15) is 0 Å². The van der Waals surface area contributed by atoms with E-state index in [1.165, 1.54) is 0 Å². The minimum absolute atomic E-state index is 0.116. The summed E-state index contributed by atoms with van der Waals surface area (Å²) in [5, 5.41) is 6.20. The number of thiocarbonyl (C=S) groups is 1. The van der Waals surface area contributed by atoms with Crippen molar-refractivity contribution in [3.05, 3.63) is 28.2 Å². The molecule has 0 aromatic heterocycles. The summed E-state index contributed by atoms with van der Waals surface area (Å²) in [5.41, 5.74) is 7.40. The minimum Gasteiger partial charge on any atom is -0.389 e. The standard InChI is InChI=1S/C12H14BrN3OS/c13-8-2-1-3-9(11(8)12(14)18)15-6-7-4-5-10(17)16-7/h1-3,7,15H,4-6H2,(H2,14,18)(H,16,17). The third-order valence-corrected chi connectivity index (χ3v) is 3.75. The van der Waals surface area contributed by atoms with E-state index < -0.39 is 0 Å². The molecular weight excluding hydrogens is 314 g/mol. The molecule has 0 saturated carbocycles. The van der Waals surface area contributed by atoms with Crippen LogP contribution in [0.25, 0.3) is 0 Å². The summed E-state index contributed by atoms with van der Waals surface area (Å²) in [7, 11) is 0. The second kappa shape index (κ2) is 5.67. The van der Waals surface area contributed by atoms with Crippen molar-refractivity contribution in [2.24, 2.45) is 5.73 Å². The number of halogens is 1. The van der Waals surface area contributed by atoms with E-state index in [1.54, 1.807) is 0 Å². The Balaban J connectivity index is 2.07. The molecule has 0 aliphatic carbocycles. The first kappa shape index (κ1) is 13.3.